The molecule has 0 aliphatic heterocycles. The van der Waals surface area contributed by atoms with Gasteiger partial charge in [0, 0.05) is 16.3 Å². The fourth-order valence-corrected chi connectivity index (χ4v) is 3.99. The molecule has 5 rings (SSSR count). The molecule has 120 valence electrons. The highest BCUT2D eigenvalue weighted by atomic mass is 15.1. The number of pyridine rings is 1. The molecule has 0 amide bonds. The van der Waals surface area contributed by atoms with E-state index in [0.717, 1.165) is 40.5 Å². The van der Waals surface area contributed by atoms with Crippen LogP contribution in [-0.4, -0.2) is 15.2 Å². The Morgan fingerprint density at radius 2 is 1.76 bits per heavy atom. The van der Waals surface area contributed by atoms with Gasteiger partial charge >= 0.3 is 0 Å². The van der Waals surface area contributed by atoms with Crippen LogP contribution in [0, 0.1) is 11.3 Å². The number of aromatic nitrogens is 3. The van der Waals surface area contributed by atoms with Crippen molar-refractivity contribution >= 4 is 21.8 Å². The van der Waals surface area contributed by atoms with E-state index >= 15 is 0 Å². The van der Waals surface area contributed by atoms with Gasteiger partial charge in [-0.15, -0.1) is 0 Å². The van der Waals surface area contributed by atoms with E-state index in [0.29, 0.717) is 5.56 Å². The summed E-state index contributed by atoms with van der Waals surface area (Å²) in [6, 6.07) is 14.1. The summed E-state index contributed by atoms with van der Waals surface area (Å²) >= 11 is 0. The third-order valence-corrected chi connectivity index (χ3v) is 5.18. The molecule has 4 heteroatoms. The van der Waals surface area contributed by atoms with Gasteiger partial charge in [-0.25, -0.2) is 4.98 Å². The molecule has 0 fully saturated rings. The standard InChI is InChI=1S/C21H16N4/c22-11-13-5-7-14(8-6-13)21-16-4-2-1-3-15(16)20-17-12-23-25-18(17)9-10-19(20)24-21/h5-10,12H,1-4H2,(H,23,25). The van der Waals surface area contributed by atoms with Crippen molar-refractivity contribution in [3.63, 3.8) is 0 Å². The van der Waals surface area contributed by atoms with Crippen molar-refractivity contribution in [3.8, 4) is 17.3 Å². The molecule has 2 aromatic carbocycles. The maximum absolute atomic E-state index is 9.04. The lowest BCUT2D eigenvalue weighted by molar-refractivity contribution is 0.689. The van der Waals surface area contributed by atoms with E-state index < -0.39 is 0 Å². The van der Waals surface area contributed by atoms with Crippen LogP contribution < -0.4 is 0 Å². The summed E-state index contributed by atoms with van der Waals surface area (Å²) in [7, 11) is 0. The quantitative estimate of drug-likeness (QED) is 0.559. The summed E-state index contributed by atoms with van der Waals surface area (Å²) in [4.78, 5) is 5.02. The van der Waals surface area contributed by atoms with Crippen molar-refractivity contribution in [2.75, 3.05) is 0 Å². The average molecular weight is 324 g/mol. The number of benzene rings is 2. The van der Waals surface area contributed by atoms with Crippen molar-refractivity contribution in [1.82, 2.24) is 15.2 Å². The number of fused-ring (bicyclic) bond motifs is 5. The average Bonchev–Trinajstić information content (AvgIpc) is 3.16. The van der Waals surface area contributed by atoms with Crippen LogP contribution in [0.1, 0.15) is 29.5 Å². The molecular weight excluding hydrogens is 308 g/mol. The van der Waals surface area contributed by atoms with Crippen LogP contribution >= 0.6 is 0 Å². The molecule has 0 atom stereocenters. The zero-order valence-electron chi connectivity index (χ0n) is 13.7. The Bertz CT molecular complexity index is 1150. The molecule has 0 saturated carbocycles. The van der Waals surface area contributed by atoms with Gasteiger partial charge in [0.15, 0.2) is 0 Å². The van der Waals surface area contributed by atoms with Gasteiger partial charge in [-0.3, -0.25) is 5.10 Å². The van der Waals surface area contributed by atoms with Crippen molar-refractivity contribution in [2.24, 2.45) is 0 Å². The number of nitriles is 1. The van der Waals surface area contributed by atoms with Crippen molar-refractivity contribution in [3.05, 3.63) is 59.3 Å². The van der Waals surface area contributed by atoms with E-state index in [4.69, 9.17) is 10.2 Å². The number of nitrogens with one attached hydrogen (secondary N) is 1. The van der Waals surface area contributed by atoms with Gasteiger partial charge in [0.2, 0.25) is 0 Å². The number of rotatable bonds is 1. The summed E-state index contributed by atoms with van der Waals surface area (Å²) in [6.07, 6.45) is 6.47. The number of nitrogens with zero attached hydrogens (tertiary/aromatic N) is 3. The SMILES string of the molecule is N#Cc1ccc(-c2nc3ccc4[nH]ncc4c3c3c2CCCC3)cc1. The van der Waals surface area contributed by atoms with Crippen molar-refractivity contribution in [1.29, 1.82) is 5.26 Å². The molecule has 0 spiro atoms. The molecule has 2 heterocycles. The van der Waals surface area contributed by atoms with E-state index in [-0.39, 0.29) is 0 Å². The molecule has 1 N–H and O–H groups in total. The molecular formula is C21H16N4. The van der Waals surface area contributed by atoms with Gasteiger partial charge in [-0.2, -0.15) is 10.4 Å². The first-order valence-electron chi connectivity index (χ1n) is 8.63. The second kappa shape index (κ2) is 5.42. The van der Waals surface area contributed by atoms with Crippen LogP contribution in [0.4, 0.5) is 0 Å². The van der Waals surface area contributed by atoms with Crippen LogP contribution in [0.2, 0.25) is 0 Å². The van der Waals surface area contributed by atoms with Crippen LogP contribution in [0.3, 0.4) is 0 Å². The molecule has 25 heavy (non-hydrogen) atoms. The van der Waals surface area contributed by atoms with Crippen LogP contribution in [-0.2, 0) is 12.8 Å². The normalized spacial score (nSPS) is 13.7. The Morgan fingerprint density at radius 3 is 2.56 bits per heavy atom. The lowest BCUT2D eigenvalue weighted by Gasteiger charge is -2.21. The first-order valence-corrected chi connectivity index (χ1v) is 8.63. The maximum atomic E-state index is 9.04. The topological polar surface area (TPSA) is 65.4 Å². The van der Waals surface area contributed by atoms with Crippen LogP contribution in [0.25, 0.3) is 33.1 Å². The molecule has 0 saturated heterocycles. The monoisotopic (exact) mass is 324 g/mol. The third-order valence-electron chi connectivity index (χ3n) is 5.18. The van der Waals surface area contributed by atoms with Crippen LogP contribution in [0.15, 0.2) is 42.6 Å². The van der Waals surface area contributed by atoms with E-state index in [9.17, 15) is 0 Å². The van der Waals surface area contributed by atoms with Crippen LogP contribution in [0.5, 0.6) is 0 Å². The Morgan fingerprint density at radius 1 is 0.960 bits per heavy atom. The summed E-state index contributed by atoms with van der Waals surface area (Å²) in [5.74, 6) is 0. The summed E-state index contributed by atoms with van der Waals surface area (Å²) < 4.78 is 0. The summed E-state index contributed by atoms with van der Waals surface area (Å²) in [5, 5.41) is 18.7. The highest BCUT2D eigenvalue weighted by Gasteiger charge is 2.21. The van der Waals surface area contributed by atoms with E-state index in [1.807, 2.05) is 30.5 Å². The zero-order chi connectivity index (χ0) is 16.8. The first-order chi connectivity index (χ1) is 12.3. The molecule has 4 aromatic rings. The van der Waals surface area contributed by atoms with Gasteiger partial charge in [0.1, 0.15) is 0 Å². The number of hydrogen-bond donors (Lipinski definition) is 1. The molecule has 4 nitrogen and oxygen atoms in total. The lowest BCUT2D eigenvalue weighted by atomic mass is 9.85. The number of aryl methyl sites for hydroxylation is 1. The van der Waals surface area contributed by atoms with Crippen molar-refractivity contribution in [2.45, 2.75) is 25.7 Å². The second-order valence-electron chi connectivity index (χ2n) is 6.60. The highest BCUT2D eigenvalue weighted by Crippen LogP contribution is 2.37. The van der Waals surface area contributed by atoms with Gasteiger partial charge in [0.05, 0.1) is 34.6 Å². The molecule has 1 aliphatic rings. The van der Waals surface area contributed by atoms with E-state index in [1.54, 1.807) is 0 Å². The first kappa shape index (κ1) is 14.2. The molecule has 0 bridgehead atoms. The van der Waals surface area contributed by atoms with Gasteiger partial charge in [-0.1, -0.05) is 12.1 Å². The minimum absolute atomic E-state index is 0.679. The molecule has 2 aromatic heterocycles. The zero-order valence-corrected chi connectivity index (χ0v) is 13.7. The van der Waals surface area contributed by atoms with Gasteiger partial charge in [0.25, 0.3) is 0 Å². The fourth-order valence-electron chi connectivity index (χ4n) is 3.99. The Kier molecular flexibility index (Phi) is 3.07. The van der Waals surface area contributed by atoms with E-state index in [2.05, 4.69) is 28.4 Å². The maximum Gasteiger partial charge on any atom is 0.0991 e. The largest absolute Gasteiger partial charge is 0.278 e. The highest BCUT2D eigenvalue weighted by molar-refractivity contribution is 6.07. The third kappa shape index (κ3) is 2.13. The molecule has 0 radical (unpaired) electrons. The minimum Gasteiger partial charge on any atom is -0.278 e. The molecule has 0 unspecified atom stereocenters. The Balaban J connectivity index is 1.85. The minimum atomic E-state index is 0.679. The summed E-state index contributed by atoms with van der Waals surface area (Å²) in [6.45, 7) is 0. The predicted molar refractivity (Wildman–Crippen MR) is 98.2 cm³/mol. The number of hydrogen-bond acceptors (Lipinski definition) is 3. The lowest BCUT2D eigenvalue weighted by Crippen LogP contribution is -2.07. The van der Waals surface area contributed by atoms with Gasteiger partial charge < -0.3 is 0 Å². The fraction of sp³-hybridized carbons (Fsp3) is 0.190. The Hall–Kier alpha value is -3.19. The number of H-pyrrole nitrogens is 1. The predicted octanol–water partition coefficient (Wildman–Crippen LogP) is 4.53. The van der Waals surface area contributed by atoms with Gasteiger partial charge in [-0.05, 0) is 61.1 Å². The van der Waals surface area contributed by atoms with E-state index in [1.165, 1.54) is 29.4 Å². The second-order valence-corrected chi connectivity index (χ2v) is 6.60. The molecule has 1 aliphatic carbocycles. The number of aromatic amines is 1. The smallest absolute Gasteiger partial charge is 0.0991 e. The summed E-state index contributed by atoms with van der Waals surface area (Å²) in [5.41, 5.74) is 7.70. The Labute approximate surface area is 145 Å². The van der Waals surface area contributed by atoms with Crippen molar-refractivity contribution < 1.29 is 0 Å².